The van der Waals surface area contributed by atoms with Crippen molar-refractivity contribution in [3.05, 3.63) is 0 Å². The van der Waals surface area contributed by atoms with Crippen LogP contribution in [0.15, 0.2) is 0 Å². The second-order valence-corrected chi connectivity index (χ2v) is 4.73. The minimum atomic E-state index is -5.25. The third kappa shape index (κ3) is 1930000. The van der Waals surface area contributed by atoms with E-state index in [2.05, 4.69) is 0 Å². The fourth-order valence-electron chi connectivity index (χ4n) is 0. The van der Waals surface area contributed by atoms with Gasteiger partial charge in [-0.05, 0) is 0 Å². The third-order valence-corrected chi connectivity index (χ3v) is 0. The Morgan fingerprint density at radius 2 is 0.933 bits per heavy atom. The Labute approximate surface area is 85.0 Å². The van der Waals surface area contributed by atoms with E-state index in [-0.39, 0.29) is 0 Å². The fraction of sp³-hybridized carbons (Fsp3) is 0. The predicted molar refractivity (Wildman–Crippen MR) is 34.3 cm³/mol. The predicted octanol–water partition coefficient (Wildman–Crippen LogP) is -2.94. The van der Waals surface area contributed by atoms with E-state index in [1.807, 2.05) is 0 Å². The molecule has 15 heteroatoms. The molecule has 0 saturated carbocycles. The molecule has 0 rings (SSSR count). The SMILES string of the molecule is O=P(O)(O)O.O=S(=O)(O)O.[O]=[Cr](=[O])([OH])[OH]. The van der Waals surface area contributed by atoms with Crippen molar-refractivity contribution in [1.29, 1.82) is 0 Å². The van der Waals surface area contributed by atoms with Crippen molar-refractivity contribution in [2.75, 3.05) is 0 Å². The Morgan fingerprint density at radius 1 is 0.933 bits per heavy atom. The minimum absolute atomic E-state index is 4.64. The zero-order chi connectivity index (χ0) is 13.5. The Balaban J connectivity index is -0.000000144. The molecule has 0 bridgehead atoms. The van der Waals surface area contributed by atoms with Crippen LogP contribution in [0.1, 0.15) is 0 Å². The molecule has 0 aromatic carbocycles. The summed E-state index contributed by atoms with van der Waals surface area (Å²) in [6.45, 7) is 0. The molecule has 15 heavy (non-hydrogen) atoms. The van der Waals surface area contributed by atoms with Crippen molar-refractivity contribution < 1.29 is 66.3 Å². The maximum absolute atomic E-state index is 8.88. The van der Waals surface area contributed by atoms with Gasteiger partial charge in [0.15, 0.2) is 0 Å². The van der Waals surface area contributed by atoms with E-state index < -0.39 is 31.8 Å². The van der Waals surface area contributed by atoms with E-state index in [4.69, 9.17) is 52.7 Å². The van der Waals surface area contributed by atoms with Gasteiger partial charge in [-0.2, -0.15) is 8.42 Å². The summed E-state index contributed by atoms with van der Waals surface area (Å²) in [4.78, 5) is 21.6. The molecule has 0 radical (unpaired) electrons. The zero-order valence-corrected chi connectivity index (χ0v) is 9.42. The van der Waals surface area contributed by atoms with Gasteiger partial charge in [-0.25, -0.2) is 4.57 Å². The van der Waals surface area contributed by atoms with Gasteiger partial charge in [-0.3, -0.25) is 9.11 Å². The first-order valence-corrected chi connectivity index (χ1v) is 7.32. The molecule has 96 valence electrons. The average molecular weight is 314 g/mol. The summed E-state index contributed by atoms with van der Waals surface area (Å²) in [5, 5.41) is 0. The van der Waals surface area contributed by atoms with Gasteiger partial charge < -0.3 is 14.7 Å². The van der Waals surface area contributed by atoms with E-state index in [0.29, 0.717) is 0 Å². The topological polar surface area (TPSA) is 227 Å². The first-order valence-electron chi connectivity index (χ1n) is 2.18. The van der Waals surface area contributed by atoms with E-state index in [0.717, 1.165) is 0 Å². The molecule has 0 saturated heterocycles. The third-order valence-electron chi connectivity index (χ3n) is 0. The van der Waals surface area contributed by atoms with Gasteiger partial charge in [-0.15, -0.1) is 0 Å². The van der Waals surface area contributed by atoms with Crippen LogP contribution in [0.2, 0.25) is 0 Å². The summed E-state index contributed by atoms with van der Waals surface area (Å²) in [6, 6.07) is 0. The van der Waals surface area contributed by atoms with Gasteiger partial charge in [-0.1, -0.05) is 0 Å². The van der Waals surface area contributed by atoms with Gasteiger partial charge >= 0.3 is 47.8 Å². The van der Waals surface area contributed by atoms with Gasteiger partial charge in [0, 0.05) is 0 Å². The van der Waals surface area contributed by atoms with Crippen molar-refractivity contribution in [2.24, 2.45) is 0 Å². The van der Waals surface area contributed by atoms with Crippen LogP contribution >= 0.6 is 7.82 Å². The van der Waals surface area contributed by atoms with Crippen LogP contribution < -0.4 is 0 Å². The van der Waals surface area contributed by atoms with Gasteiger partial charge in [0.2, 0.25) is 0 Å². The van der Waals surface area contributed by atoms with Crippen LogP contribution in [0, 0.1) is 0 Å². The molecule has 12 nitrogen and oxygen atoms in total. The Bertz CT molecular complexity index is 323. The van der Waals surface area contributed by atoms with Gasteiger partial charge in [0.25, 0.3) is 0 Å². The van der Waals surface area contributed by atoms with Crippen LogP contribution in [-0.4, -0.2) is 40.5 Å². The second kappa shape index (κ2) is 7.33. The van der Waals surface area contributed by atoms with Gasteiger partial charge in [0.1, 0.15) is 0 Å². The second-order valence-electron chi connectivity index (χ2n) is 1.41. The van der Waals surface area contributed by atoms with E-state index in [1.54, 1.807) is 0 Å². The van der Waals surface area contributed by atoms with Crippen LogP contribution in [-0.2, 0) is 36.2 Å². The Kier molecular flexibility index (Phi) is 9.99. The number of hydrogen-bond acceptors (Lipinski definition) is 5. The van der Waals surface area contributed by atoms with Crippen molar-refractivity contribution in [2.45, 2.75) is 0 Å². The van der Waals surface area contributed by atoms with Crippen molar-refractivity contribution in [1.82, 2.24) is 0 Å². The summed E-state index contributed by atoms with van der Waals surface area (Å²) < 4.78 is 72.3. The maximum atomic E-state index is 8.88. The summed E-state index contributed by atoms with van der Waals surface area (Å²) in [7, 11) is -9.31. The molecule has 0 amide bonds. The summed E-state index contributed by atoms with van der Waals surface area (Å²) >= 11 is -5.25. The van der Waals surface area contributed by atoms with Crippen molar-refractivity contribution in [3.8, 4) is 0 Å². The standard InChI is InChI=1S/Cr.H3O4P.H2O4S.2H2O.2O/c;2*1-5(2,3)4;;;;/h;(H3,1,2,3,4);(H2,1,2,3,4);2*1H2;;/q+2;;;;;;/p-2. The molecule has 0 aromatic rings. The normalized spacial score (nSPS) is 11.7. The Morgan fingerprint density at radius 3 is 0.933 bits per heavy atom. The monoisotopic (exact) mass is 314 g/mol. The fourth-order valence-corrected chi connectivity index (χ4v) is 0. The summed E-state index contributed by atoms with van der Waals surface area (Å²) in [5.74, 6) is 0. The van der Waals surface area contributed by atoms with Gasteiger partial charge in [0.05, 0.1) is 0 Å². The first-order chi connectivity index (χ1) is 6.00. The van der Waals surface area contributed by atoms with E-state index in [1.165, 1.54) is 0 Å². The van der Waals surface area contributed by atoms with Crippen LogP contribution in [0.5, 0.6) is 0 Å². The van der Waals surface area contributed by atoms with E-state index in [9.17, 15) is 0 Å². The molecule has 0 aliphatic heterocycles. The van der Waals surface area contributed by atoms with E-state index >= 15 is 0 Å². The number of hydrogen-bond donors (Lipinski definition) is 7. The number of rotatable bonds is 0. The molecule has 0 aliphatic rings. The van der Waals surface area contributed by atoms with Crippen molar-refractivity contribution in [3.63, 3.8) is 0 Å². The number of phosphoric acid groups is 1. The molecule has 0 fully saturated rings. The molecular weight excluding hydrogens is 307 g/mol. The molecule has 0 unspecified atom stereocenters. The quantitative estimate of drug-likeness (QED) is 0.176. The molecule has 0 heterocycles. The van der Waals surface area contributed by atoms with Crippen LogP contribution in [0.25, 0.3) is 0 Å². The molecule has 0 atom stereocenters. The summed E-state index contributed by atoms with van der Waals surface area (Å²) in [5.41, 5.74) is 0. The zero-order valence-electron chi connectivity index (χ0n) is 6.44. The van der Waals surface area contributed by atoms with Crippen LogP contribution in [0.4, 0.5) is 0 Å². The summed E-state index contributed by atoms with van der Waals surface area (Å²) in [6.07, 6.45) is 0. The molecule has 7 N–H and O–H groups in total. The molecule has 0 aliphatic carbocycles. The first kappa shape index (κ1) is 20.4. The average Bonchev–Trinajstić information content (AvgIpc) is 1.41. The molecule has 0 spiro atoms. The molecule has 0 aromatic heterocycles. The molecular formula is H7CrO12PS. The van der Waals surface area contributed by atoms with Crippen LogP contribution in [0.3, 0.4) is 0 Å². The van der Waals surface area contributed by atoms with Crippen molar-refractivity contribution >= 4 is 18.2 Å². The Hall–Kier alpha value is 0.0325.